The number of pyridine rings is 1. The molecule has 0 aliphatic rings. The minimum atomic E-state index is -0.469. The molecule has 0 saturated carbocycles. The lowest BCUT2D eigenvalue weighted by Crippen LogP contribution is -1.93. The Morgan fingerprint density at radius 2 is 2.12 bits per heavy atom. The van der Waals surface area contributed by atoms with Gasteiger partial charge in [-0.05, 0) is 36.8 Å². The van der Waals surface area contributed by atoms with Crippen molar-refractivity contribution in [1.29, 1.82) is 5.26 Å². The average molecular weight is 228 g/mol. The monoisotopic (exact) mass is 228 g/mol. The molecule has 3 nitrogen and oxygen atoms in total. The summed E-state index contributed by atoms with van der Waals surface area (Å²) in [6.45, 7) is 1.83. The molecule has 0 bridgehead atoms. The summed E-state index contributed by atoms with van der Waals surface area (Å²) in [5.74, 6) is -0.127. The van der Waals surface area contributed by atoms with E-state index in [2.05, 4.69) is 4.98 Å². The Hall–Kier alpha value is -2.41. The van der Waals surface area contributed by atoms with Gasteiger partial charge in [0.2, 0.25) is 0 Å². The van der Waals surface area contributed by atoms with Crippen molar-refractivity contribution in [2.24, 2.45) is 0 Å². The van der Waals surface area contributed by atoms with E-state index >= 15 is 0 Å². The van der Waals surface area contributed by atoms with Gasteiger partial charge in [0.15, 0.2) is 23.0 Å². The van der Waals surface area contributed by atoms with Crippen LogP contribution in [0, 0.1) is 24.1 Å². The maximum Gasteiger partial charge on any atom is 0.183 e. The van der Waals surface area contributed by atoms with E-state index in [9.17, 15) is 4.39 Å². The number of aryl methyl sites for hydroxylation is 1. The Bertz CT molecular complexity index is 590. The number of rotatable bonds is 2. The van der Waals surface area contributed by atoms with Crippen molar-refractivity contribution in [2.45, 2.75) is 6.92 Å². The minimum Gasteiger partial charge on any atom is -0.451 e. The fraction of sp³-hybridized carbons (Fsp3) is 0.0769. The predicted octanol–water partition coefficient (Wildman–Crippen LogP) is 3.19. The molecule has 17 heavy (non-hydrogen) atoms. The molecule has 0 fully saturated rings. The Morgan fingerprint density at radius 3 is 2.88 bits per heavy atom. The first-order valence-corrected chi connectivity index (χ1v) is 5.00. The summed E-state index contributed by atoms with van der Waals surface area (Å²) in [6, 6.07) is 9.65. The Morgan fingerprint density at radius 1 is 1.29 bits per heavy atom. The zero-order valence-electron chi connectivity index (χ0n) is 9.14. The molecule has 0 amide bonds. The topological polar surface area (TPSA) is 45.9 Å². The van der Waals surface area contributed by atoms with Crippen molar-refractivity contribution in [3.63, 3.8) is 0 Å². The van der Waals surface area contributed by atoms with E-state index in [1.807, 2.05) is 13.0 Å². The fourth-order valence-corrected chi connectivity index (χ4v) is 1.36. The summed E-state index contributed by atoms with van der Waals surface area (Å²) < 4.78 is 18.8. The Kier molecular flexibility index (Phi) is 3.01. The van der Waals surface area contributed by atoms with Crippen LogP contribution in [-0.2, 0) is 0 Å². The van der Waals surface area contributed by atoms with Crippen molar-refractivity contribution < 1.29 is 9.13 Å². The van der Waals surface area contributed by atoms with Crippen LogP contribution in [0.1, 0.15) is 11.3 Å². The summed E-state index contributed by atoms with van der Waals surface area (Å²) >= 11 is 0. The quantitative estimate of drug-likeness (QED) is 0.792. The molecule has 84 valence electrons. The van der Waals surface area contributed by atoms with Crippen molar-refractivity contribution in [1.82, 2.24) is 4.98 Å². The van der Waals surface area contributed by atoms with Crippen LogP contribution in [0.3, 0.4) is 0 Å². The van der Waals surface area contributed by atoms with Gasteiger partial charge in [0.1, 0.15) is 6.07 Å². The Labute approximate surface area is 98.1 Å². The highest BCUT2D eigenvalue weighted by Gasteiger charge is 2.08. The molecule has 0 saturated heterocycles. The lowest BCUT2D eigenvalue weighted by atomic mass is 10.2. The standard InChI is InChI=1S/C13H9FN2O/c1-9-4-5-10(14)13(7-9)17-12-3-2-6-16-11(12)8-15/h2-7H,1H3. The van der Waals surface area contributed by atoms with Gasteiger partial charge in [0.25, 0.3) is 0 Å². The van der Waals surface area contributed by atoms with Crippen molar-refractivity contribution >= 4 is 0 Å². The second kappa shape index (κ2) is 4.62. The first-order chi connectivity index (χ1) is 8.20. The first kappa shape index (κ1) is 11.1. The number of benzene rings is 1. The van der Waals surface area contributed by atoms with Gasteiger partial charge in [-0.2, -0.15) is 5.26 Å². The van der Waals surface area contributed by atoms with Crippen LogP contribution >= 0.6 is 0 Å². The predicted molar refractivity (Wildman–Crippen MR) is 60.2 cm³/mol. The van der Waals surface area contributed by atoms with E-state index < -0.39 is 5.82 Å². The van der Waals surface area contributed by atoms with Gasteiger partial charge < -0.3 is 4.74 Å². The molecule has 0 aliphatic carbocycles. The van der Waals surface area contributed by atoms with Crippen LogP contribution in [0.5, 0.6) is 11.5 Å². The molecule has 1 aromatic heterocycles. The Balaban J connectivity index is 2.38. The summed E-state index contributed by atoms with van der Waals surface area (Å²) in [5.41, 5.74) is 1.01. The molecule has 0 unspecified atom stereocenters. The van der Waals surface area contributed by atoms with Gasteiger partial charge in [-0.1, -0.05) is 6.07 Å². The number of nitriles is 1. The number of aromatic nitrogens is 1. The third kappa shape index (κ3) is 2.40. The van der Waals surface area contributed by atoms with E-state index in [1.165, 1.54) is 12.3 Å². The molecule has 2 rings (SSSR count). The van der Waals surface area contributed by atoms with Crippen molar-refractivity contribution in [3.05, 3.63) is 53.6 Å². The lowest BCUT2D eigenvalue weighted by Gasteiger charge is -2.07. The van der Waals surface area contributed by atoms with E-state index in [0.717, 1.165) is 5.56 Å². The summed E-state index contributed by atoms with van der Waals surface area (Å²) in [5, 5.41) is 8.83. The minimum absolute atomic E-state index is 0.0921. The molecule has 0 atom stereocenters. The molecule has 0 spiro atoms. The average Bonchev–Trinajstić information content (AvgIpc) is 2.34. The highest BCUT2D eigenvalue weighted by atomic mass is 19.1. The van der Waals surface area contributed by atoms with E-state index in [1.54, 1.807) is 24.3 Å². The van der Waals surface area contributed by atoms with Crippen LogP contribution in [0.2, 0.25) is 0 Å². The van der Waals surface area contributed by atoms with Gasteiger partial charge >= 0.3 is 0 Å². The number of hydrogen-bond acceptors (Lipinski definition) is 3. The largest absolute Gasteiger partial charge is 0.451 e. The fourth-order valence-electron chi connectivity index (χ4n) is 1.36. The summed E-state index contributed by atoms with van der Waals surface area (Å²) in [6.07, 6.45) is 1.48. The van der Waals surface area contributed by atoms with E-state index in [4.69, 9.17) is 10.00 Å². The number of ether oxygens (including phenoxy) is 1. The number of hydrogen-bond donors (Lipinski definition) is 0. The molecule has 1 heterocycles. The normalized spacial score (nSPS) is 9.71. The van der Waals surface area contributed by atoms with Crippen molar-refractivity contribution in [3.8, 4) is 17.6 Å². The maximum absolute atomic E-state index is 13.5. The second-order valence-corrected chi connectivity index (χ2v) is 3.50. The van der Waals surface area contributed by atoms with Crippen LogP contribution in [0.15, 0.2) is 36.5 Å². The highest BCUT2D eigenvalue weighted by Crippen LogP contribution is 2.26. The summed E-state index contributed by atoms with van der Waals surface area (Å²) in [4.78, 5) is 3.84. The molecule has 2 aromatic rings. The third-order valence-corrected chi connectivity index (χ3v) is 2.18. The van der Waals surface area contributed by atoms with Crippen LogP contribution < -0.4 is 4.74 Å². The number of halogens is 1. The van der Waals surface area contributed by atoms with E-state index in [0.29, 0.717) is 0 Å². The van der Waals surface area contributed by atoms with Crippen LogP contribution in [-0.4, -0.2) is 4.98 Å². The zero-order chi connectivity index (χ0) is 12.3. The molecule has 4 heteroatoms. The van der Waals surface area contributed by atoms with Gasteiger partial charge in [-0.3, -0.25) is 0 Å². The van der Waals surface area contributed by atoms with Crippen molar-refractivity contribution in [2.75, 3.05) is 0 Å². The van der Waals surface area contributed by atoms with Crippen LogP contribution in [0.25, 0.3) is 0 Å². The van der Waals surface area contributed by atoms with Gasteiger partial charge in [-0.15, -0.1) is 0 Å². The third-order valence-electron chi connectivity index (χ3n) is 2.18. The smallest absolute Gasteiger partial charge is 0.183 e. The highest BCUT2D eigenvalue weighted by molar-refractivity contribution is 5.41. The molecule has 1 aromatic carbocycles. The first-order valence-electron chi connectivity index (χ1n) is 5.00. The molecule has 0 radical (unpaired) electrons. The van der Waals surface area contributed by atoms with Gasteiger partial charge in [0, 0.05) is 6.20 Å². The molecule has 0 N–H and O–H groups in total. The molecular weight excluding hydrogens is 219 g/mol. The molecule has 0 aliphatic heterocycles. The maximum atomic E-state index is 13.5. The van der Waals surface area contributed by atoms with Gasteiger partial charge in [0.05, 0.1) is 0 Å². The zero-order valence-corrected chi connectivity index (χ0v) is 9.14. The number of nitrogens with zero attached hydrogens (tertiary/aromatic N) is 2. The van der Waals surface area contributed by atoms with Gasteiger partial charge in [-0.25, -0.2) is 9.37 Å². The van der Waals surface area contributed by atoms with E-state index in [-0.39, 0.29) is 17.2 Å². The molecular formula is C13H9FN2O. The lowest BCUT2D eigenvalue weighted by molar-refractivity contribution is 0.439. The second-order valence-electron chi connectivity index (χ2n) is 3.50. The van der Waals surface area contributed by atoms with Crippen LogP contribution in [0.4, 0.5) is 4.39 Å². The summed E-state index contributed by atoms with van der Waals surface area (Å²) in [7, 11) is 0. The SMILES string of the molecule is Cc1ccc(F)c(Oc2cccnc2C#N)c1.